The van der Waals surface area contributed by atoms with Crippen molar-refractivity contribution in [1.29, 1.82) is 0 Å². The van der Waals surface area contributed by atoms with Crippen molar-refractivity contribution < 1.29 is 9.53 Å². The topological polar surface area (TPSA) is 72.3 Å². The Bertz CT molecular complexity index is 1010. The first-order valence-corrected chi connectivity index (χ1v) is 9.53. The molecule has 28 heavy (non-hydrogen) atoms. The molecule has 1 saturated heterocycles. The summed E-state index contributed by atoms with van der Waals surface area (Å²) in [5.41, 5.74) is 2.70. The van der Waals surface area contributed by atoms with Gasteiger partial charge in [0, 0.05) is 43.8 Å². The van der Waals surface area contributed by atoms with Crippen molar-refractivity contribution in [3.05, 3.63) is 47.8 Å². The maximum atomic E-state index is 12.5. The van der Waals surface area contributed by atoms with Crippen LogP contribution in [0.4, 0.5) is 5.82 Å². The minimum atomic E-state index is -0.0765. The molecule has 1 atom stereocenters. The first-order chi connectivity index (χ1) is 13.5. The second kappa shape index (κ2) is 7.50. The van der Waals surface area contributed by atoms with Gasteiger partial charge in [-0.1, -0.05) is 0 Å². The Kier molecular flexibility index (Phi) is 4.90. The molecule has 0 saturated carbocycles. The summed E-state index contributed by atoms with van der Waals surface area (Å²) in [6, 6.07) is 8.19. The van der Waals surface area contributed by atoms with Gasteiger partial charge in [0.05, 0.1) is 24.4 Å². The van der Waals surface area contributed by atoms with Crippen LogP contribution in [0.5, 0.6) is 5.75 Å². The fraction of sp³-hybridized carbons (Fsp3) is 0.381. The third-order valence-electron chi connectivity index (χ3n) is 5.26. The lowest BCUT2D eigenvalue weighted by molar-refractivity contribution is 0.0933. The highest BCUT2D eigenvalue weighted by Crippen LogP contribution is 2.27. The largest absolute Gasteiger partial charge is 0.497 e. The van der Waals surface area contributed by atoms with Crippen LogP contribution >= 0.6 is 0 Å². The molecule has 0 aliphatic carbocycles. The monoisotopic (exact) mass is 379 g/mol. The van der Waals surface area contributed by atoms with Crippen molar-refractivity contribution in [2.75, 3.05) is 25.1 Å². The van der Waals surface area contributed by atoms with E-state index < -0.39 is 0 Å². The Balaban J connectivity index is 1.53. The molecule has 1 aliphatic heterocycles. The molecule has 4 rings (SSSR count). The van der Waals surface area contributed by atoms with Crippen LogP contribution in [-0.2, 0) is 7.05 Å². The van der Waals surface area contributed by atoms with E-state index in [-0.39, 0.29) is 11.9 Å². The molecule has 1 aliphatic rings. The molecule has 1 N–H and O–H groups in total. The molecule has 0 radical (unpaired) electrons. The number of amides is 1. The highest BCUT2D eigenvalue weighted by molar-refractivity contribution is 5.94. The first-order valence-electron chi connectivity index (χ1n) is 9.53. The molecule has 1 aromatic carbocycles. The van der Waals surface area contributed by atoms with Crippen LogP contribution in [-0.4, -0.2) is 46.9 Å². The van der Waals surface area contributed by atoms with E-state index in [1.54, 1.807) is 24.2 Å². The second-order valence-corrected chi connectivity index (χ2v) is 7.34. The number of anilines is 1. The van der Waals surface area contributed by atoms with Crippen LogP contribution in [0, 0.1) is 6.92 Å². The average Bonchev–Trinajstić information content (AvgIpc) is 3.14. The number of fused-ring (bicyclic) bond motifs is 1. The lowest BCUT2D eigenvalue weighted by Gasteiger charge is -2.34. The Labute approximate surface area is 164 Å². The molecule has 3 aromatic rings. The number of carbonyl (C=O) groups excluding carboxylic acids is 1. The molecule has 0 bridgehead atoms. The standard InChI is InChI=1S/C21H25N5O2/c1-14-9-20(24-19-10-17(28-3)6-7-18(14)19)26-8-4-5-16(13-26)23-21(27)15-11-22-25(2)12-15/h6-7,9-12,16H,4-5,8,13H2,1-3H3,(H,23,27). The third kappa shape index (κ3) is 3.65. The number of nitrogens with one attached hydrogen (secondary N) is 1. The summed E-state index contributed by atoms with van der Waals surface area (Å²) < 4.78 is 6.98. The van der Waals surface area contributed by atoms with Gasteiger partial charge >= 0.3 is 0 Å². The number of hydrogen-bond donors (Lipinski definition) is 1. The maximum Gasteiger partial charge on any atom is 0.254 e. The Hall–Kier alpha value is -3.09. The number of hydrogen-bond acceptors (Lipinski definition) is 5. The van der Waals surface area contributed by atoms with E-state index in [0.29, 0.717) is 5.56 Å². The number of carbonyl (C=O) groups is 1. The Morgan fingerprint density at radius 1 is 1.32 bits per heavy atom. The number of nitrogens with zero attached hydrogens (tertiary/aromatic N) is 4. The lowest BCUT2D eigenvalue weighted by atomic mass is 10.0. The smallest absolute Gasteiger partial charge is 0.254 e. The summed E-state index contributed by atoms with van der Waals surface area (Å²) in [7, 11) is 3.47. The van der Waals surface area contributed by atoms with Gasteiger partial charge in [-0.25, -0.2) is 4.98 Å². The molecule has 0 spiro atoms. The Morgan fingerprint density at radius 2 is 2.18 bits per heavy atom. The van der Waals surface area contributed by atoms with Gasteiger partial charge in [0.15, 0.2) is 0 Å². The number of piperidine rings is 1. The summed E-state index contributed by atoms with van der Waals surface area (Å²) in [5.74, 6) is 1.67. The van der Waals surface area contributed by atoms with Crippen molar-refractivity contribution in [2.24, 2.45) is 7.05 Å². The summed E-state index contributed by atoms with van der Waals surface area (Å²) in [5, 5.41) is 8.34. The van der Waals surface area contributed by atoms with E-state index >= 15 is 0 Å². The van der Waals surface area contributed by atoms with E-state index in [2.05, 4.69) is 28.3 Å². The van der Waals surface area contributed by atoms with Crippen molar-refractivity contribution in [1.82, 2.24) is 20.1 Å². The van der Waals surface area contributed by atoms with Gasteiger partial charge < -0.3 is 15.0 Å². The first kappa shape index (κ1) is 18.3. The average molecular weight is 379 g/mol. The van der Waals surface area contributed by atoms with Crippen molar-refractivity contribution in [3.8, 4) is 5.75 Å². The minimum absolute atomic E-state index is 0.0765. The van der Waals surface area contributed by atoms with Gasteiger partial charge in [0.1, 0.15) is 11.6 Å². The van der Waals surface area contributed by atoms with Gasteiger partial charge in [-0.3, -0.25) is 9.48 Å². The van der Waals surface area contributed by atoms with Crippen LogP contribution in [0.1, 0.15) is 28.8 Å². The SMILES string of the molecule is COc1ccc2c(C)cc(N3CCCC(NC(=O)c4cnn(C)c4)C3)nc2c1. The summed E-state index contributed by atoms with van der Waals surface area (Å²) in [4.78, 5) is 19.6. The molecule has 1 amide bonds. The summed E-state index contributed by atoms with van der Waals surface area (Å²) in [6.45, 7) is 3.78. The van der Waals surface area contributed by atoms with Crippen LogP contribution in [0.3, 0.4) is 0 Å². The molecule has 146 valence electrons. The van der Waals surface area contributed by atoms with E-state index in [4.69, 9.17) is 9.72 Å². The summed E-state index contributed by atoms with van der Waals surface area (Å²) in [6.07, 6.45) is 5.30. The van der Waals surface area contributed by atoms with Gasteiger partial charge in [0.2, 0.25) is 0 Å². The predicted octanol–water partition coefficient (Wildman–Crippen LogP) is 2.68. The quantitative estimate of drug-likeness (QED) is 0.755. The number of aromatic nitrogens is 3. The zero-order chi connectivity index (χ0) is 19.7. The van der Waals surface area contributed by atoms with E-state index in [1.165, 1.54) is 5.56 Å². The zero-order valence-electron chi connectivity index (χ0n) is 16.5. The molecule has 1 unspecified atom stereocenters. The maximum absolute atomic E-state index is 12.5. The highest BCUT2D eigenvalue weighted by Gasteiger charge is 2.23. The van der Waals surface area contributed by atoms with E-state index in [0.717, 1.165) is 48.4 Å². The number of rotatable bonds is 4. The van der Waals surface area contributed by atoms with E-state index in [1.807, 2.05) is 25.2 Å². The highest BCUT2D eigenvalue weighted by atomic mass is 16.5. The molecule has 7 heteroatoms. The number of pyridine rings is 1. The van der Waals surface area contributed by atoms with E-state index in [9.17, 15) is 4.79 Å². The van der Waals surface area contributed by atoms with Gasteiger partial charge in [0.25, 0.3) is 5.91 Å². The minimum Gasteiger partial charge on any atom is -0.497 e. The van der Waals surface area contributed by atoms with Gasteiger partial charge in [-0.15, -0.1) is 0 Å². The number of aryl methyl sites for hydroxylation is 2. The van der Waals surface area contributed by atoms with Crippen LogP contribution < -0.4 is 15.0 Å². The third-order valence-corrected chi connectivity index (χ3v) is 5.26. The van der Waals surface area contributed by atoms with Gasteiger partial charge in [-0.05, 0) is 43.5 Å². The normalized spacial score (nSPS) is 17.0. The zero-order valence-corrected chi connectivity index (χ0v) is 16.5. The number of benzene rings is 1. The second-order valence-electron chi connectivity index (χ2n) is 7.34. The molecule has 2 aromatic heterocycles. The molecule has 3 heterocycles. The number of ether oxygens (including phenoxy) is 1. The fourth-order valence-corrected chi connectivity index (χ4v) is 3.76. The molecular formula is C21H25N5O2. The predicted molar refractivity (Wildman–Crippen MR) is 109 cm³/mol. The summed E-state index contributed by atoms with van der Waals surface area (Å²) >= 11 is 0. The molecule has 1 fully saturated rings. The molecule has 7 nitrogen and oxygen atoms in total. The number of methoxy groups -OCH3 is 1. The molecular weight excluding hydrogens is 354 g/mol. The van der Waals surface area contributed by atoms with Gasteiger partial charge in [-0.2, -0.15) is 5.10 Å². The van der Waals surface area contributed by atoms with Crippen molar-refractivity contribution in [2.45, 2.75) is 25.8 Å². The lowest BCUT2D eigenvalue weighted by Crippen LogP contribution is -2.48. The van der Waals surface area contributed by atoms with Crippen molar-refractivity contribution in [3.63, 3.8) is 0 Å². The van der Waals surface area contributed by atoms with Crippen LogP contribution in [0.15, 0.2) is 36.7 Å². The van der Waals surface area contributed by atoms with Crippen LogP contribution in [0.2, 0.25) is 0 Å². The van der Waals surface area contributed by atoms with Crippen LogP contribution in [0.25, 0.3) is 10.9 Å². The Morgan fingerprint density at radius 3 is 2.93 bits per heavy atom. The fourth-order valence-electron chi connectivity index (χ4n) is 3.76. The van der Waals surface area contributed by atoms with Crippen molar-refractivity contribution >= 4 is 22.6 Å².